The molecule has 0 spiro atoms. The van der Waals surface area contributed by atoms with Crippen LogP contribution in [0.25, 0.3) is 0 Å². The van der Waals surface area contributed by atoms with Crippen LogP contribution in [0.3, 0.4) is 0 Å². The first-order valence-electron chi connectivity index (χ1n) is 6.44. The van der Waals surface area contributed by atoms with Crippen molar-refractivity contribution in [1.29, 1.82) is 0 Å². The van der Waals surface area contributed by atoms with E-state index in [1.54, 1.807) is 19.2 Å². The van der Waals surface area contributed by atoms with E-state index in [0.29, 0.717) is 12.1 Å². The Bertz CT molecular complexity index is 436. The smallest absolute Gasteiger partial charge is 0.314 e. The van der Waals surface area contributed by atoms with Gasteiger partial charge in [-0.15, -0.1) is 0 Å². The number of aryl methyl sites for hydroxylation is 1. The summed E-state index contributed by atoms with van der Waals surface area (Å²) in [5, 5.41) is 23.6. The molecule has 0 fully saturated rings. The molecule has 0 saturated carbocycles. The van der Waals surface area contributed by atoms with Crippen molar-refractivity contribution in [3.63, 3.8) is 0 Å². The van der Waals surface area contributed by atoms with E-state index < -0.39 is 4.92 Å². The van der Waals surface area contributed by atoms with Crippen molar-refractivity contribution in [2.75, 3.05) is 18.5 Å². The zero-order valence-electron chi connectivity index (χ0n) is 11.6. The Labute approximate surface area is 113 Å². The Morgan fingerprint density at radius 2 is 2.11 bits per heavy atom. The molecule has 0 aliphatic heterocycles. The minimum absolute atomic E-state index is 0.00143. The highest BCUT2D eigenvalue weighted by molar-refractivity contribution is 5.59. The molecular weight excluding hydrogens is 246 g/mol. The van der Waals surface area contributed by atoms with E-state index in [4.69, 9.17) is 0 Å². The van der Waals surface area contributed by atoms with Crippen LogP contribution in [0, 0.1) is 22.5 Å². The lowest BCUT2D eigenvalue weighted by Crippen LogP contribution is -2.32. The molecule has 0 amide bonds. The molecule has 1 aromatic rings. The number of hydrogen-bond acceptors (Lipinski definition) is 5. The summed E-state index contributed by atoms with van der Waals surface area (Å²) in [5.41, 5.74) is 0.311. The van der Waals surface area contributed by atoms with E-state index in [2.05, 4.69) is 10.3 Å². The summed E-state index contributed by atoms with van der Waals surface area (Å²) < 4.78 is 0. The van der Waals surface area contributed by atoms with E-state index in [1.165, 1.54) is 0 Å². The maximum Gasteiger partial charge on any atom is 0.314 e. The molecule has 1 heterocycles. The Morgan fingerprint density at radius 1 is 1.47 bits per heavy atom. The second kappa shape index (κ2) is 6.47. The molecule has 19 heavy (non-hydrogen) atoms. The lowest BCUT2D eigenvalue weighted by molar-refractivity contribution is -0.384. The largest absolute Gasteiger partial charge is 0.396 e. The SMILES string of the molecule is CCC(CC)(CO)CNc1nccc(C)c1[N+](=O)[O-]. The van der Waals surface area contributed by atoms with Crippen LogP contribution in [0.4, 0.5) is 11.5 Å². The summed E-state index contributed by atoms with van der Waals surface area (Å²) in [5.74, 6) is 0.268. The van der Waals surface area contributed by atoms with E-state index in [0.717, 1.165) is 12.8 Å². The lowest BCUT2D eigenvalue weighted by atomic mass is 9.83. The standard InChI is InChI=1S/C13H21N3O3/c1-4-13(5-2,9-17)8-15-12-11(16(18)19)10(3)6-7-14-12/h6-7,17H,4-5,8-9H2,1-3H3,(H,14,15). The Hall–Kier alpha value is -1.69. The van der Waals surface area contributed by atoms with Crippen LogP contribution in [0.1, 0.15) is 32.3 Å². The molecule has 2 N–H and O–H groups in total. The number of nitrogens with zero attached hydrogens (tertiary/aromatic N) is 2. The van der Waals surface area contributed by atoms with Gasteiger partial charge in [-0.2, -0.15) is 0 Å². The Kier molecular flexibility index (Phi) is 5.23. The molecule has 0 radical (unpaired) electrons. The first-order chi connectivity index (χ1) is 8.99. The van der Waals surface area contributed by atoms with Crippen molar-refractivity contribution in [3.8, 4) is 0 Å². The van der Waals surface area contributed by atoms with Crippen molar-refractivity contribution in [2.45, 2.75) is 33.6 Å². The molecule has 0 aliphatic carbocycles. The minimum atomic E-state index is -0.427. The van der Waals surface area contributed by atoms with Crippen molar-refractivity contribution in [2.24, 2.45) is 5.41 Å². The molecular formula is C13H21N3O3. The summed E-state index contributed by atoms with van der Waals surface area (Å²) in [4.78, 5) is 14.7. The maximum atomic E-state index is 11.1. The quantitative estimate of drug-likeness (QED) is 0.585. The van der Waals surface area contributed by atoms with Gasteiger partial charge in [-0.3, -0.25) is 10.1 Å². The number of aromatic nitrogens is 1. The van der Waals surface area contributed by atoms with E-state index >= 15 is 0 Å². The van der Waals surface area contributed by atoms with Gasteiger partial charge in [0.05, 0.1) is 11.5 Å². The zero-order chi connectivity index (χ0) is 14.5. The minimum Gasteiger partial charge on any atom is -0.396 e. The maximum absolute atomic E-state index is 11.1. The molecule has 1 aromatic heterocycles. The molecule has 0 saturated heterocycles. The molecule has 1 rings (SSSR count). The van der Waals surface area contributed by atoms with Crippen molar-refractivity contribution < 1.29 is 10.0 Å². The summed E-state index contributed by atoms with van der Waals surface area (Å²) in [6.07, 6.45) is 3.14. The van der Waals surface area contributed by atoms with Gasteiger partial charge in [0.1, 0.15) is 0 Å². The van der Waals surface area contributed by atoms with E-state index in [1.807, 2.05) is 13.8 Å². The third-order valence-corrected chi connectivity index (χ3v) is 3.77. The second-order valence-electron chi connectivity index (χ2n) is 4.80. The van der Waals surface area contributed by atoms with Gasteiger partial charge in [0.15, 0.2) is 0 Å². The Morgan fingerprint density at radius 3 is 2.58 bits per heavy atom. The molecule has 0 bridgehead atoms. The predicted octanol–water partition coefficient (Wildman–Crippen LogP) is 2.51. The summed E-state index contributed by atoms with van der Waals surface area (Å²) >= 11 is 0. The summed E-state index contributed by atoms with van der Waals surface area (Å²) in [7, 11) is 0. The van der Waals surface area contributed by atoms with Gasteiger partial charge in [0, 0.05) is 23.7 Å². The highest BCUT2D eigenvalue weighted by Crippen LogP contribution is 2.29. The fraction of sp³-hybridized carbons (Fsp3) is 0.615. The van der Waals surface area contributed by atoms with E-state index in [9.17, 15) is 15.2 Å². The van der Waals surface area contributed by atoms with Crippen LogP contribution in [0.5, 0.6) is 0 Å². The number of aliphatic hydroxyl groups is 1. The van der Waals surface area contributed by atoms with E-state index in [-0.39, 0.29) is 23.5 Å². The number of nitro groups is 1. The highest BCUT2D eigenvalue weighted by Gasteiger charge is 2.27. The first kappa shape index (κ1) is 15.4. The van der Waals surface area contributed by atoms with Gasteiger partial charge >= 0.3 is 5.69 Å². The molecule has 0 unspecified atom stereocenters. The fourth-order valence-electron chi connectivity index (χ4n) is 1.96. The van der Waals surface area contributed by atoms with Gasteiger partial charge in [0.2, 0.25) is 5.82 Å². The molecule has 106 valence electrons. The third kappa shape index (κ3) is 3.41. The van der Waals surface area contributed by atoms with Crippen LogP contribution in [0.2, 0.25) is 0 Å². The fourth-order valence-corrected chi connectivity index (χ4v) is 1.96. The summed E-state index contributed by atoms with van der Waals surface area (Å²) in [6, 6.07) is 1.61. The normalized spacial score (nSPS) is 11.4. The number of hydrogen-bond donors (Lipinski definition) is 2. The predicted molar refractivity (Wildman–Crippen MR) is 74.2 cm³/mol. The number of anilines is 1. The zero-order valence-corrected chi connectivity index (χ0v) is 11.6. The van der Waals surface area contributed by atoms with Crippen molar-refractivity contribution in [3.05, 3.63) is 27.9 Å². The third-order valence-electron chi connectivity index (χ3n) is 3.77. The number of nitrogens with one attached hydrogen (secondary N) is 1. The van der Waals surface area contributed by atoms with Crippen molar-refractivity contribution in [1.82, 2.24) is 4.98 Å². The molecule has 0 atom stereocenters. The summed E-state index contributed by atoms with van der Waals surface area (Å²) in [6.45, 7) is 6.20. The van der Waals surface area contributed by atoms with Crippen LogP contribution >= 0.6 is 0 Å². The number of rotatable bonds is 7. The van der Waals surface area contributed by atoms with Gasteiger partial charge in [-0.05, 0) is 25.8 Å². The second-order valence-corrected chi connectivity index (χ2v) is 4.80. The van der Waals surface area contributed by atoms with Gasteiger partial charge in [-0.25, -0.2) is 4.98 Å². The van der Waals surface area contributed by atoms with Gasteiger partial charge in [-0.1, -0.05) is 13.8 Å². The van der Waals surface area contributed by atoms with Crippen LogP contribution in [-0.2, 0) is 0 Å². The van der Waals surface area contributed by atoms with Crippen LogP contribution < -0.4 is 5.32 Å². The van der Waals surface area contributed by atoms with Gasteiger partial charge < -0.3 is 10.4 Å². The average molecular weight is 267 g/mol. The Balaban J connectivity index is 2.95. The molecule has 0 aromatic carbocycles. The first-order valence-corrected chi connectivity index (χ1v) is 6.44. The van der Waals surface area contributed by atoms with Crippen molar-refractivity contribution >= 4 is 11.5 Å². The van der Waals surface area contributed by atoms with Crippen LogP contribution in [0.15, 0.2) is 12.3 Å². The average Bonchev–Trinajstić information content (AvgIpc) is 2.40. The molecule has 0 aliphatic rings. The van der Waals surface area contributed by atoms with Gasteiger partial charge in [0.25, 0.3) is 0 Å². The van der Waals surface area contributed by atoms with Crippen LogP contribution in [-0.4, -0.2) is 28.2 Å². The highest BCUT2D eigenvalue weighted by atomic mass is 16.6. The molecule has 6 nitrogen and oxygen atoms in total. The molecule has 6 heteroatoms. The number of pyridine rings is 1. The monoisotopic (exact) mass is 267 g/mol. The lowest BCUT2D eigenvalue weighted by Gasteiger charge is -2.29. The number of aliphatic hydroxyl groups excluding tert-OH is 1. The topological polar surface area (TPSA) is 88.3 Å².